The number of hydrogen-bond donors (Lipinski definition) is 1. The van der Waals surface area contributed by atoms with Gasteiger partial charge in [0.05, 0.1) is 0 Å². The van der Waals surface area contributed by atoms with Crippen molar-refractivity contribution >= 4 is 15.9 Å². The molecule has 0 aromatic heterocycles. The predicted molar refractivity (Wildman–Crippen MR) is 85.3 cm³/mol. The molecule has 1 heterocycles. The van der Waals surface area contributed by atoms with E-state index in [9.17, 15) is 0 Å². The van der Waals surface area contributed by atoms with Crippen molar-refractivity contribution in [1.82, 2.24) is 4.90 Å². The van der Waals surface area contributed by atoms with Gasteiger partial charge in [-0.15, -0.1) is 0 Å². The van der Waals surface area contributed by atoms with Crippen LogP contribution in [0.5, 0.6) is 0 Å². The van der Waals surface area contributed by atoms with Crippen molar-refractivity contribution in [3.8, 4) is 0 Å². The van der Waals surface area contributed by atoms with Crippen LogP contribution in [0.4, 0.5) is 0 Å². The quantitative estimate of drug-likeness (QED) is 0.909. The third-order valence-corrected chi connectivity index (χ3v) is 5.18. The van der Waals surface area contributed by atoms with Crippen LogP contribution in [-0.4, -0.2) is 24.0 Å². The molecule has 1 aliphatic heterocycles. The first kappa shape index (κ1) is 15.0. The Labute approximate surface area is 125 Å². The highest BCUT2D eigenvalue weighted by Gasteiger charge is 2.25. The summed E-state index contributed by atoms with van der Waals surface area (Å²) >= 11 is 3.58. The normalized spacial score (nSPS) is 23.1. The van der Waals surface area contributed by atoms with Crippen molar-refractivity contribution in [3.63, 3.8) is 0 Å². The lowest BCUT2D eigenvalue weighted by Crippen LogP contribution is -2.39. The molecule has 2 atom stereocenters. The van der Waals surface area contributed by atoms with Crippen molar-refractivity contribution < 1.29 is 0 Å². The molecule has 19 heavy (non-hydrogen) atoms. The molecule has 3 heteroatoms. The smallest absolute Gasteiger partial charge is 0.0473 e. The zero-order valence-corrected chi connectivity index (χ0v) is 13.6. The lowest BCUT2D eigenvalue weighted by molar-refractivity contribution is 0.150. The number of hydrogen-bond acceptors (Lipinski definition) is 2. The Balaban J connectivity index is 2.24. The molecule has 106 valence electrons. The molecule has 1 aromatic rings. The summed E-state index contributed by atoms with van der Waals surface area (Å²) in [6.07, 6.45) is 5.31. The van der Waals surface area contributed by atoms with Gasteiger partial charge in [-0.25, -0.2) is 0 Å². The lowest BCUT2D eigenvalue weighted by Gasteiger charge is -2.35. The largest absolute Gasteiger partial charge is 0.329 e. The number of aryl methyl sites for hydroxylation is 1. The van der Waals surface area contributed by atoms with E-state index in [4.69, 9.17) is 5.73 Å². The third kappa shape index (κ3) is 3.59. The predicted octanol–water partition coefficient (Wildman–Crippen LogP) is 4.02. The van der Waals surface area contributed by atoms with Crippen molar-refractivity contribution in [2.45, 2.75) is 51.6 Å². The van der Waals surface area contributed by atoms with Crippen LogP contribution in [0.25, 0.3) is 0 Å². The first-order valence-corrected chi connectivity index (χ1v) is 8.14. The molecule has 0 amide bonds. The van der Waals surface area contributed by atoms with Gasteiger partial charge >= 0.3 is 0 Å². The summed E-state index contributed by atoms with van der Waals surface area (Å²) in [5.74, 6) is 0. The van der Waals surface area contributed by atoms with Crippen molar-refractivity contribution in [2.75, 3.05) is 13.1 Å². The summed E-state index contributed by atoms with van der Waals surface area (Å²) in [6.45, 7) is 6.37. The van der Waals surface area contributed by atoms with Gasteiger partial charge in [0.15, 0.2) is 0 Å². The Morgan fingerprint density at radius 3 is 2.84 bits per heavy atom. The molecule has 1 saturated heterocycles. The average molecular weight is 325 g/mol. The first-order chi connectivity index (χ1) is 9.13. The van der Waals surface area contributed by atoms with E-state index in [1.54, 1.807) is 0 Å². The van der Waals surface area contributed by atoms with E-state index >= 15 is 0 Å². The second kappa shape index (κ2) is 6.87. The maximum absolute atomic E-state index is 6.08. The van der Waals surface area contributed by atoms with Crippen LogP contribution >= 0.6 is 15.9 Å². The zero-order chi connectivity index (χ0) is 13.8. The topological polar surface area (TPSA) is 29.3 Å². The second-order valence-corrected chi connectivity index (χ2v) is 6.55. The molecule has 0 aliphatic carbocycles. The van der Waals surface area contributed by atoms with Crippen molar-refractivity contribution in [3.05, 3.63) is 33.8 Å². The SMILES string of the molecule is Cc1cc(C(CN)N2CCCCCC2C)ccc1Br. The number of rotatable bonds is 3. The fourth-order valence-corrected chi connectivity index (χ4v) is 3.34. The van der Waals surface area contributed by atoms with Gasteiger partial charge in [0.2, 0.25) is 0 Å². The zero-order valence-electron chi connectivity index (χ0n) is 12.0. The van der Waals surface area contributed by atoms with Crippen LogP contribution in [0.3, 0.4) is 0 Å². The Hall–Kier alpha value is -0.380. The first-order valence-electron chi connectivity index (χ1n) is 7.35. The summed E-state index contributed by atoms with van der Waals surface area (Å²) in [4.78, 5) is 2.61. The van der Waals surface area contributed by atoms with Gasteiger partial charge in [-0.05, 0) is 50.4 Å². The lowest BCUT2D eigenvalue weighted by atomic mass is 10.0. The third-order valence-electron chi connectivity index (χ3n) is 4.29. The van der Waals surface area contributed by atoms with Crippen molar-refractivity contribution in [1.29, 1.82) is 0 Å². The van der Waals surface area contributed by atoms with Gasteiger partial charge in [0, 0.05) is 23.1 Å². The number of halogens is 1. The molecule has 1 fully saturated rings. The van der Waals surface area contributed by atoms with Gasteiger partial charge in [-0.1, -0.05) is 40.9 Å². The molecule has 2 rings (SSSR count). The number of likely N-dealkylation sites (tertiary alicyclic amines) is 1. The van der Waals surface area contributed by atoms with E-state index < -0.39 is 0 Å². The fourth-order valence-electron chi connectivity index (χ4n) is 3.10. The Bertz CT molecular complexity index is 419. The molecule has 0 spiro atoms. The molecule has 2 N–H and O–H groups in total. The molecule has 0 radical (unpaired) electrons. The monoisotopic (exact) mass is 324 g/mol. The molecule has 2 nitrogen and oxygen atoms in total. The van der Waals surface area contributed by atoms with E-state index in [-0.39, 0.29) is 0 Å². The minimum atomic E-state index is 0.361. The fraction of sp³-hybridized carbons (Fsp3) is 0.625. The standard InChI is InChI=1S/C16H25BrN2/c1-12-10-14(7-8-15(12)17)16(11-18)19-9-5-3-4-6-13(19)2/h7-8,10,13,16H,3-6,9,11,18H2,1-2H3. The molecular formula is C16H25BrN2. The summed E-state index contributed by atoms with van der Waals surface area (Å²) in [7, 11) is 0. The van der Waals surface area contributed by atoms with Gasteiger partial charge in [-0.2, -0.15) is 0 Å². The van der Waals surface area contributed by atoms with Gasteiger partial charge in [-0.3, -0.25) is 4.90 Å². The van der Waals surface area contributed by atoms with Crippen LogP contribution in [0, 0.1) is 6.92 Å². The summed E-state index contributed by atoms with van der Waals surface area (Å²) in [5.41, 5.74) is 8.73. The van der Waals surface area contributed by atoms with E-state index in [0.29, 0.717) is 18.6 Å². The number of nitrogens with zero attached hydrogens (tertiary/aromatic N) is 1. The molecule has 1 aromatic carbocycles. The maximum Gasteiger partial charge on any atom is 0.0473 e. The summed E-state index contributed by atoms with van der Waals surface area (Å²) < 4.78 is 1.18. The highest BCUT2D eigenvalue weighted by molar-refractivity contribution is 9.10. The molecule has 0 saturated carbocycles. The number of nitrogens with two attached hydrogens (primary N) is 1. The Kier molecular flexibility index (Phi) is 5.43. The second-order valence-electron chi connectivity index (χ2n) is 5.70. The molecule has 1 aliphatic rings. The summed E-state index contributed by atoms with van der Waals surface area (Å²) in [6, 6.07) is 7.64. The van der Waals surface area contributed by atoms with E-state index in [1.807, 2.05) is 0 Å². The van der Waals surface area contributed by atoms with Gasteiger partial charge < -0.3 is 5.73 Å². The average Bonchev–Trinajstić information content (AvgIpc) is 2.60. The minimum absolute atomic E-state index is 0.361. The highest BCUT2D eigenvalue weighted by atomic mass is 79.9. The van der Waals surface area contributed by atoms with Crippen molar-refractivity contribution in [2.24, 2.45) is 5.73 Å². The molecule has 2 unspecified atom stereocenters. The maximum atomic E-state index is 6.08. The highest BCUT2D eigenvalue weighted by Crippen LogP contribution is 2.29. The van der Waals surface area contributed by atoms with Crippen LogP contribution < -0.4 is 5.73 Å². The molecule has 0 bridgehead atoms. The van der Waals surface area contributed by atoms with E-state index in [1.165, 1.54) is 47.8 Å². The molecular weight excluding hydrogens is 300 g/mol. The summed E-state index contributed by atoms with van der Waals surface area (Å²) in [5, 5.41) is 0. The van der Waals surface area contributed by atoms with Crippen LogP contribution in [-0.2, 0) is 0 Å². The van der Waals surface area contributed by atoms with Crippen LogP contribution in [0.15, 0.2) is 22.7 Å². The Morgan fingerprint density at radius 2 is 2.16 bits per heavy atom. The van der Waals surface area contributed by atoms with Crippen LogP contribution in [0.2, 0.25) is 0 Å². The van der Waals surface area contributed by atoms with Gasteiger partial charge in [0.1, 0.15) is 0 Å². The van der Waals surface area contributed by atoms with E-state index in [2.05, 4.69) is 52.9 Å². The van der Waals surface area contributed by atoms with Gasteiger partial charge in [0.25, 0.3) is 0 Å². The van der Waals surface area contributed by atoms with E-state index in [0.717, 1.165) is 0 Å². The number of benzene rings is 1. The Morgan fingerprint density at radius 1 is 1.37 bits per heavy atom. The van der Waals surface area contributed by atoms with Crippen LogP contribution in [0.1, 0.15) is 49.8 Å². The minimum Gasteiger partial charge on any atom is -0.329 e.